The van der Waals surface area contributed by atoms with Crippen molar-refractivity contribution in [3.05, 3.63) is 22.7 Å². The minimum absolute atomic E-state index is 0.196. The van der Waals surface area contributed by atoms with Gasteiger partial charge in [-0.2, -0.15) is 16.3 Å². The molecule has 0 spiro atoms. The number of amides is 1. The van der Waals surface area contributed by atoms with E-state index in [0.29, 0.717) is 24.6 Å². The van der Waals surface area contributed by atoms with E-state index in [1.807, 2.05) is 21.7 Å². The van der Waals surface area contributed by atoms with E-state index in [2.05, 4.69) is 15.0 Å². The molecule has 0 radical (unpaired) electrons. The lowest BCUT2D eigenvalue weighted by Gasteiger charge is -2.38. The summed E-state index contributed by atoms with van der Waals surface area (Å²) in [5.74, 6) is 1.34. The van der Waals surface area contributed by atoms with E-state index >= 15 is 0 Å². The van der Waals surface area contributed by atoms with Crippen LogP contribution in [-0.4, -0.2) is 58.1 Å². The second-order valence-electron chi connectivity index (χ2n) is 6.88. The number of piperazine rings is 1. The zero-order chi connectivity index (χ0) is 17.1. The van der Waals surface area contributed by atoms with E-state index in [4.69, 9.17) is 4.52 Å². The predicted molar refractivity (Wildman–Crippen MR) is 96.3 cm³/mol. The van der Waals surface area contributed by atoms with Crippen LogP contribution in [-0.2, 0) is 11.2 Å². The fraction of sp³-hybridized carbons (Fsp3) is 0.611. The molecule has 7 heteroatoms. The first kappa shape index (κ1) is 16.7. The Morgan fingerprint density at radius 3 is 2.76 bits per heavy atom. The van der Waals surface area contributed by atoms with Crippen LogP contribution >= 0.6 is 11.3 Å². The van der Waals surface area contributed by atoms with Gasteiger partial charge in [-0.15, -0.1) is 0 Å². The molecular formula is C18H24N4O2S. The highest BCUT2D eigenvalue weighted by Crippen LogP contribution is 2.24. The number of rotatable bonds is 5. The topological polar surface area (TPSA) is 62.5 Å². The number of carbonyl (C=O) groups excluding carboxylic acids is 1. The molecule has 134 valence electrons. The molecule has 0 unspecified atom stereocenters. The first-order chi connectivity index (χ1) is 12.3. The summed E-state index contributed by atoms with van der Waals surface area (Å²) in [6, 6.07) is 2.72. The summed E-state index contributed by atoms with van der Waals surface area (Å²) in [4.78, 5) is 21.4. The molecule has 6 nitrogen and oxygen atoms in total. The molecule has 3 heterocycles. The predicted octanol–water partition coefficient (Wildman–Crippen LogP) is 2.82. The van der Waals surface area contributed by atoms with Crippen LogP contribution in [0.3, 0.4) is 0 Å². The summed E-state index contributed by atoms with van der Waals surface area (Å²) >= 11 is 1.60. The molecule has 0 atom stereocenters. The van der Waals surface area contributed by atoms with Gasteiger partial charge >= 0.3 is 0 Å². The number of carbonyl (C=O) groups is 1. The molecule has 2 aromatic heterocycles. The van der Waals surface area contributed by atoms with Crippen LogP contribution in [0.5, 0.6) is 0 Å². The van der Waals surface area contributed by atoms with Gasteiger partial charge in [-0.25, -0.2) is 0 Å². The van der Waals surface area contributed by atoms with Crippen molar-refractivity contribution in [1.82, 2.24) is 19.9 Å². The lowest BCUT2D eigenvalue weighted by Crippen LogP contribution is -2.51. The van der Waals surface area contributed by atoms with Crippen molar-refractivity contribution in [2.45, 2.75) is 44.6 Å². The van der Waals surface area contributed by atoms with Crippen molar-refractivity contribution in [1.29, 1.82) is 0 Å². The smallest absolute Gasteiger partial charge is 0.227 e. The van der Waals surface area contributed by atoms with Gasteiger partial charge in [0.15, 0.2) is 0 Å². The third-order valence-corrected chi connectivity index (χ3v) is 5.99. The average molecular weight is 360 g/mol. The van der Waals surface area contributed by atoms with E-state index in [1.165, 1.54) is 25.7 Å². The Morgan fingerprint density at radius 2 is 2.04 bits per heavy atom. The standard InChI is InChI=1S/C18H24N4O2S/c23-17(22-10-8-21(9-11-22)15-3-1-2-4-15)6-5-16-19-18(20-24-16)14-7-12-25-13-14/h7,12-13,15H,1-6,8-11H2. The molecule has 2 fully saturated rings. The third kappa shape index (κ3) is 3.93. The quantitative estimate of drug-likeness (QED) is 0.820. The maximum absolute atomic E-state index is 12.5. The molecule has 1 saturated heterocycles. The number of hydrogen-bond acceptors (Lipinski definition) is 6. The summed E-state index contributed by atoms with van der Waals surface area (Å²) in [6.07, 6.45) is 6.34. The third-order valence-electron chi connectivity index (χ3n) is 5.31. The van der Waals surface area contributed by atoms with Crippen molar-refractivity contribution in [3.8, 4) is 11.4 Å². The maximum atomic E-state index is 12.5. The average Bonchev–Trinajstić information content (AvgIpc) is 3.42. The minimum atomic E-state index is 0.196. The molecule has 1 amide bonds. The number of hydrogen-bond donors (Lipinski definition) is 0. The number of nitrogens with zero attached hydrogens (tertiary/aromatic N) is 4. The summed E-state index contributed by atoms with van der Waals surface area (Å²) in [7, 11) is 0. The Balaban J connectivity index is 1.24. The van der Waals surface area contributed by atoms with E-state index < -0.39 is 0 Å². The summed E-state index contributed by atoms with van der Waals surface area (Å²) < 4.78 is 5.28. The van der Waals surface area contributed by atoms with Gasteiger partial charge in [0.25, 0.3) is 0 Å². The highest BCUT2D eigenvalue weighted by molar-refractivity contribution is 7.08. The Morgan fingerprint density at radius 1 is 1.24 bits per heavy atom. The molecule has 2 aromatic rings. The lowest BCUT2D eigenvalue weighted by atomic mass is 10.1. The van der Waals surface area contributed by atoms with Crippen LogP contribution in [0.2, 0.25) is 0 Å². The number of thiophene rings is 1. The number of aromatic nitrogens is 2. The zero-order valence-corrected chi connectivity index (χ0v) is 15.2. The lowest BCUT2D eigenvalue weighted by molar-refractivity contribution is -0.133. The van der Waals surface area contributed by atoms with E-state index in [-0.39, 0.29) is 5.91 Å². The van der Waals surface area contributed by atoms with Gasteiger partial charge in [-0.05, 0) is 24.3 Å². The van der Waals surface area contributed by atoms with Crippen LogP contribution < -0.4 is 0 Å². The Hall–Kier alpha value is -1.73. The molecule has 2 aliphatic rings. The van der Waals surface area contributed by atoms with Crippen molar-refractivity contribution >= 4 is 17.2 Å². The van der Waals surface area contributed by atoms with E-state index in [1.54, 1.807) is 11.3 Å². The molecule has 0 bridgehead atoms. The maximum Gasteiger partial charge on any atom is 0.227 e. The first-order valence-corrected chi connectivity index (χ1v) is 10.1. The van der Waals surface area contributed by atoms with Crippen LogP contribution in [0.25, 0.3) is 11.4 Å². The van der Waals surface area contributed by atoms with Crippen molar-refractivity contribution in [2.75, 3.05) is 26.2 Å². The van der Waals surface area contributed by atoms with Crippen molar-refractivity contribution in [3.63, 3.8) is 0 Å². The van der Waals surface area contributed by atoms with E-state index in [0.717, 1.165) is 37.8 Å². The second-order valence-corrected chi connectivity index (χ2v) is 7.66. The minimum Gasteiger partial charge on any atom is -0.340 e. The molecule has 1 saturated carbocycles. The second kappa shape index (κ2) is 7.66. The molecular weight excluding hydrogens is 336 g/mol. The fourth-order valence-corrected chi connectivity index (χ4v) is 4.48. The van der Waals surface area contributed by atoms with Gasteiger partial charge in [0.1, 0.15) is 0 Å². The first-order valence-electron chi connectivity index (χ1n) is 9.16. The van der Waals surface area contributed by atoms with Crippen LogP contribution in [0.15, 0.2) is 21.3 Å². The Bertz CT molecular complexity index is 686. The monoisotopic (exact) mass is 360 g/mol. The van der Waals surface area contributed by atoms with Gasteiger partial charge in [-0.1, -0.05) is 18.0 Å². The summed E-state index contributed by atoms with van der Waals surface area (Å²) in [6.45, 7) is 3.72. The van der Waals surface area contributed by atoms with Crippen LogP contribution in [0.1, 0.15) is 38.0 Å². The van der Waals surface area contributed by atoms with Crippen LogP contribution in [0.4, 0.5) is 0 Å². The SMILES string of the molecule is O=C(CCc1nc(-c2ccsc2)no1)N1CCN(C2CCCC2)CC1. The Labute approximate surface area is 151 Å². The van der Waals surface area contributed by atoms with Gasteiger partial charge in [0.2, 0.25) is 17.6 Å². The molecule has 4 rings (SSSR count). The Kier molecular flexibility index (Phi) is 5.12. The van der Waals surface area contributed by atoms with E-state index in [9.17, 15) is 4.79 Å². The zero-order valence-electron chi connectivity index (χ0n) is 14.4. The van der Waals surface area contributed by atoms with Crippen molar-refractivity contribution in [2.24, 2.45) is 0 Å². The van der Waals surface area contributed by atoms with Crippen molar-refractivity contribution < 1.29 is 9.32 Å². The normalized spacial score (nSPS) is 19.6. The highest BCUT2D eigenvalue weighted by atomic mass is 32.1. The van der Waals surface area contributed by atoms with Gasteiger partial charge < -0.3 is 9.42 Å². The molecule has 25 heavy (non-hydrogen) atoms. The molecule has 0 N–H and O–H groups in total. The fourth-order valence-electron chi connectivity index (χ4n) is 3.84. The van der Waals surface area contributed by atoms with Crippen LogP contribution in [0, 0.1) is 0 Å². The molecule has 1 aliphatic carbocycles. The van der Waals surface area contributed by atoms with Gasteiger partial charge in [0.05, 0.1) is 0 Å². The summed E-state index contributed by atoms with van der Waals surface area (Å²) in [5, 5.41) is 7.97. The molecule has 1 aliphatic heterocycles. The molecule has 0 aromatic carbocycles. The summed E-state index contributed by atoms with van der Waals surface area (Å²) in [5.41, 5.74) is 0.967. The van der Waals surface area contributed by atoms with Gasteiger partial charge in [-0.3, -0.25) is 9.69 Å². The van der Waals surface area contributed by atoms with Gasteiger partial charge in [0, 0.05) is 56.0 Å². The largest absolute Gasteiger partial charge is 0.340 e. The number of aryl methyl sites for hydroxylation is 1. The highest BCUT2D eigenvalue weighted by Gasteiger charge is 2.27.